The summed E-state index contributed by atoms with van der Waals surface area (Å²) in [6, 6.07) is 9.21. The highest BCUT2D eigenvalue weighted by Gasteiger charge is 2.27. The summed E-state index contributed by atoms with van der Waals surface area (Å²) in [5.41, 5.74) is 2.80. The molecule has 76 valence electrons. The minimum Gasteiger partial charge on any atom is -0.382 e. The average Bonchev–Trinajstić information content (AvgIpc) is 2.51. The Bertz CT molecular complexity index is 309. The van der Waals surface area contributed by atoms with E-state index in [1.54, 1.807) is 0 Å². The van der Waals surface area contributed by atoms with Crippen molar-refractivity contribution < 1.29 is 0 Å². The minimum absolute atomic E-state index is 0.570. The quantitative estimate of drug-likeness (QED) is 0.763. The van der Waals surface area contributed by atoms with Crippen molar-refractivity contribution in [3.05, 3.63) is 29.8 Å². The number of fused-ring (bicyclic) bond motifs is 1. The third-order valence-corrected chi connectivity index (χ3v) is 3.05. The van der Waals surface area contributed by atoms with Crippen LogP contribution in [0, 0.1) is 0 Å². The van der Waals surface area contributed by atoms with Crippen LogP contribution in [-0.2, 0) is 0 Å². The molecule has 0 radical (unpaired) electrons. The number of nitrogens with one attached hydrogen (secondary N) is 2. The van der Waals surface area contributed by atoms with Gasteiger partial charge in [-0.3, -0.25) is 0 Å². The maximum absolute atomic E-state index is 3.53. The predicted octanol–water partition coefficient (Wildman–Crippen LogP) is 2.19. The van der Waals surface area contributed by atoms with Gasteiger partial charge in [0.2, 0.25) is 0 Å². The van der Waals surface area contributed by atoms with E-state index in [0.29, 0.717) is 12.0 Å². The maximum Gasteiger partial charge on any atom is 0.0378 e. The third-order valence-electron chi connectivity index (χ3n) is 3.05. The highest BCUT2D eigenvalue weighted by atomic mass is 15.0. The number of hydrogen-bond donors (Lipinski definition) is 2. The molecule has 14 heavy (non-hydrogen) atoms. The Hall–Kier alpha value is -1.02. The lowest BCUT2D eigenvalue weighted by Crippen LogP contribution is -2.20. The van der Waals surface area contributed by atoms with E-state index in [9.17, 15) is 0 Å². The molecular weight excluding hydrogens is 172 g/mol. The van der Waals surface area contributed by atoms with Crippen LogP contribution in [0.2, 0.25) is 0 Å². The number of benzene rings is 1. The van der Waals surface area contributed by atoms with Gasteiger partial charge in [0.05, 0.1) is 0 Å². The van der Waals surface area contributed by atoms with Crippen molar-refractivity contribution in [3.63, 3.8) is 0 Å². The van der Waals surface area contributed by atoms with Gasteiger partial charge in [0.25, 0.3) is 0 Å². The third kappa shape index (κ3) is 1.62. The molecule has 1 aromatic carbocycles. The second-order valence-electron chi connectivity index (χ2n) is 4.02. The molecule has 2 unspecified atom stereocenters. The van der Waals surface area contributed by atoms with Gasteiger partial charge in [0.1, 0.15) is 0 Å². The van der Waals surface area contributed by atoms with E-state index in [1.807, 2.05) is 7.05 Å². The smallest absolute Gasteiger partial charge is 0.0378 e. The highest BCUT2D eigenvalue weighted by molar-refractivity contribution is 5.58. The molecule has 2 nitrogen and oxygen atoms in total. The molecule has 1 aliphatic heterocycles. The first kappa shape index (κ1) is 9.53. The van der Waals surface area contributed by atoms with E-state index in [0.717, 1.165) is 6.54 Å². The van der Waals surface area contributed by atoms with Gasteiger partial charge in [-0.15, -0.1) is 0 Å². The van der Waals surface area contributed by atoms with E-state index in [2.05, 4.69) is 41.8 Å². The molecular formula is C12H18N2. The van der Waals surface area contributed by atoms with Crippen LogP contribution in [0.3, 0.4) is 0 Å². The monoisotopic (exact) mass is 190 g/mol. The molecule has 0 aliphatic carbocycles. The van der Waals surface area contributed by atoms with Crippen molar-refractivity contribution in [2.75, 3.05) is 18.9 Å². The van der Waals surface area contributed by atoms with Gasteiger partial charge in [-0.05, 0) is 38.6 Å². The van der Waals surface area contributed by atoms with E-state index >= 15 is 0 Å². The molecule has 0 saturated carbocycles. The molecule has 0 amide bonds. The number of anilines is 1. The zero-order valence-electron chi connectivity index (χ0n) is 8.88. The number of hydrogen-bond acceptors (Lipinski definition) is 2. The second kappa shape index (κ2) is 4.01. The van der Waals surface area contributed by atoms with Crippen molar-refractivity contribution in [2.24, 2.45) is 0 Å². The first-order valence-corrected chi connectivity index (χ1v) is 5.33. The second-order valence-corrected chi connectivity index (χ2v) is 4.02. The van der Waals surface area contributed by atoms with E-state index < -0.39 is 0 Å². The van der Waals surface area contributed by atoms with E-state index in [4.69, 9.17) is 0 Å². The summed E-state index contributed by atoms with van der Waals surface area (Å²) in [4.78, 5) is 0. The van der Waals surface area contributed by atoms with Crippen LogP contribution in [0.25, 0.3) is 0 Å². The number of para-hydroxylation sites is 1. The molecule has 2 heteroatoms. The van der Waals surface area contributed by atoms with Gasteiger partial charge in [-0.2, -0.15) is 0 Å². The Labute approximate surface area is 85.7 Å². The van der Waals surface area contributed by atoms with E-state index in [-0.39, 0.29) is 0 Å². The Kier molecular flexibility index (Phi) is 2.73. The van der Waals surface area contributed by atoms with Crippen molar-refractivity contribution in [3.8, 4) is 0 Å². The summed E-state index contributed by atoms with van der Waals surface area (Å²) in [6.07, 6.45) is 1.21. The van der Waals surface area contributed by atoms with Crippen molar-refractivity contribution in [2.45, 2.75) is 25.3 Å². The molecule has 2 atom stereocenters. The summed E-state index contributed by atoms with van der Waals surface area (Å²) < 4.78 is 0. The van der Waals surface area contributed by atoms with E-state index in [1.165, 1.54) is 17.7 Å². The fraction of sp³-hybridized carbons (Fsp3) is 0.500. The van der Waals surface area contributed by atoms with Crippen LogP contribution in [0.4, 0.5) is 5.69 Å². The van der Waals surface area contributed by atoms with Crippen molar-refractivity contribution in [1.82, 2.24) is 5.32 Å². The standard InChI is InChI=1S/C12H18N2/c1-9-10(7-8-13-2)11-5-3-4-6-12(11)14-9/h3-6,9-10,13-14H,7-8H2,1-2H3. The van der Waals surface area contributed by atoms with Gasteiger partial charge >= 0.3 is 0 Å². The molecule has 1 heterocycles. The zero-order valence-corrected chi connectivity index (χ0v) is 8.88. The lowest BCUT2D eigenvalue weighted by atomic mass is 9.93. The molecule has 0 fully saturated rings. The highest BCUT2D eigenvalue weighted by Crippen LogP contribution is 2.37. The molecule has 1 aromatic rings. The largest absolute Gasteiger partial charge is 0.382 e. The average molecular weight is 190 g/mol. The normalized spacial score (nSPS) is 24.4. The first-order valence-electron chi connectivity index (χ1n) is 5.33. The van der Waals surface area contributed by atoms with Gasteiger partial charge in [-0.1, -0.05) is 18.2 Å². The Balaban J connectivity index is 2.17. The van der Waals surface area contributed by atoms with Gasteiger partial charge in [-0.25, -0.2) is 0 Å². The SMILES string of the molecule is CNCCC1c2ccccc2NC1C. The molecule has 0 saturated heterocycles. The van der Waals surface area contributed by atoms with Crippen LogP contribution < -0.4 is 10.6 Å². The zero-order chi connectivity index (χ0) is 9.97. The van der Waals surface area contributed by atoms with Gasteiger partial charge in [0.15, 0.2) is 0 Å². The predicted molar refractivity (Wildman–Crippen MR) is 60.8 cm³/mol. The summed E-state index contributed by atoms with van der Waals surface area (Å²) in [7, 11) is 2.01. The lowest BCUT2D eigenvalue weighted by Gasteiger charge is -2.15. The van der Waals surface area contributed by atoms with Crippen LogP contribution >= 0.6 is 0 Å². The van der Waals surface area contributed by atoms with Crippen molar-refractivity contribution >= 4 is 5.69 Å². The lowest BCUT2D eigenvalue weighted by molar-refractivity contribution is 0.563. The Morgan fingerprint density at radius 2 is 2.14 bits per heavy atom. The fourth-order valence-electron chi connectivity index (χ4n) is 2.27. The van der Waals surface area contributed by atoms with Crippen LogP contribution in [0.1, 0.15) is 24.8 Å². The molecule has 2 rings (SSSR count). The minimum atomic E-state index is 0.570. The fourth-order valence-corrected chi connectivity index (χ4v) is 2.27. The van der Waals surface area contributed by atoms with Gasteiger partial charge in [0, 0.05) is 17.6 Å². The van der Waals surface area contributed by atoms with Crippen LogP contribution in [0.15, 0.2) is 24.3 Å². The summed E-state index contributed by atoms with van der Waals surface area (Å²) >= 11 is 0. The number of rotatable bonds is 3. The Morgan fingerprint density at radius 3 is 2.93 bits per heavy atom. The molecule has 2 N–H and O–H groups in total. The van der Waals surface area contributed by atoms with Crippen LogP contribution in [0.5, 0.6) is 0 Å². The molecule has 1 aliphatic rings. The Morgan fingerprint density at radius 1 is 1.36 bits per heavy atom. The van der Waals surface area contributed by atoms with Gasteiger partial charge < -0.3 is 10.6 Å². The molecule has 0 spiro atoms. The summed E-state index contributed by atoms with van der Waals surface area (Å²) in [5.74, 6) is 0.665. The first-order chi connectivity index (χ1) is 6.83. The summed E-state index contributed by atoms with van der Waals surface area (Å²) in [6.45, 7) is 3.35. The molecule has 0 bridgehead atoms. The summed E-state index contributed by atoms with van der Waals surface area (Å²) in [5, 5.41) is 6.75. The molecule has 0 aromatic heterocycles. The maximum atomic E-state index is 3.53. The topological polar surface area (TPSA) is 24.1 Å². The van der Waals surface area contributed by atoms with Crippen LogP contribution in [-0.4, -0.2) is 19.6 Å². The van der Waals surface area contributed by atoms with Crippen molar-refractivity contribution in [1.29, 1.82) is 0 Å².